The molecule has 0 saturated heterocycles. The lowest BCUT2D eigenvalue weighted by Crippen LogP contribution is -2.38. The van der Waals surface area contributed by atoms with E-state index >= 15 is 0 Å². The lowest BCUT2D eigenvalue weighted by Gasteiger charge is -2.36. The Labute approximate surface area is 168 Å². The summed E-state index contributed by atoms with van der Waals surface area (Å²) in [4.78, 5) is 0. The first-order chi connectivity index (χ1) is 13.4. The fourth-order valence-corrected chi connectivity index (χ4v) is 3.79. The molecule has 0 amide bonds. The first-order valence-electron chi connectivity index (χ1n) is 9.42. The molecule has 3 aromatic rings. The predicted molar refractivity (Wildman–Crippen MR) is 116 cm³/mol. The molecule has 5 heteroatoms. The molecule has 3 rings (SSSR count). The smallest absolute Gasteiger partial charge is 0.143 e. The standard InChI is InChI=1S/C20H20N.C3H8O3S/c1-2-21(18-12-6-3-7-13-18,19-14-8-4-9-15-19)20-16-10-5-11-17-20;1-2-3-7(4,5)6/h3-17H,2H2,1H3;2-3H2,1H3,(H,4,5,6)/q+1;/p-1. The van der Waals surface area contributed by atoms with E-state index in [1.54, 1.807) is 6.92 Å². The van der Waals surface area contributed by atoms with E-state index in [4.69, 9.17) is 0 Å². The van der Waals surface area contributed by atoms with Gasteiger partial charge in [-0.3, -0.25) is 0 Å². The van der Waals surface area contributed by atoms with E-state index in [1.807, 2.05) is 0 Å². The van der Waals surface area contributed by atoms with Gasteiger partial charge in [0.15, 0.2) is 0 Å². The Morgan fingerprint density at radius 1 is 0.679 bits per heavy atom. The third-order valence-corrected chi connectivity index (χ3v) is 5.43. The van der Waals surface area contributed by atoms with Gasteiger partial charge in [-0.15, -0.1) is 0 Å². The summed E-state index contributed by atoms with van der Waals surface area (Å²) in [6.07, 6.45) is 0.409. The van der Waals surface area contributed by atoms with Crippen LogP contribution in [-0.2, 0) is 10.1 Å². The number of hydrogen-bond acceptors (Lipinski definition) is 3. The molecule has 0 spiro atoms. The van der Waals surface area contributed by atoms with Crippen molar-refractivity contribution >= 4 is 27.2 Å². The van der Waals surface area contributed by atoms with E-state index in [1.165, 1.54) is 17.1 Å². The minimum atomic E-state index is -3.92. The summed E-state index contributed by atoms with van der Waals surface area (Å²) >= 11 is 0. The molecule has 0 bridgehead atoms. The van der Waals surface area contributed by atoms with Gasteiger partial charge in [-0.05, 0) is 49.7 Å². The summed E-state index contributed by atoms with van der Waals surface area (Å²) in [7, 11) is -3.92. The van der Waals surface area contributed by atoms with Gasteiger partial charge in [-0.25, -0.2) is 12.9 Å². The Hall–Kier alpha value is -2.47. The number of hydrogen-bond donors (Lipinski definition) is 0. The number of para-hydroxylation sites is 3. The van der Waals surface area contributed by atoms with Crippen molar-refractivity contribution in [3.63, 3.8) is 0 Å². The summed E-state index contributed by atoms with van der Waals surface area (Å²) in [5.74, 6) is -0.243. The molecule has 0 aliphatic rings. The van der Waals surface area contributed by atoms with Crippen LogP contribution in [0.5, 0.6) is 0 Å². The molecule has 0 aromatic heterocycles. The topological polar surface area (TPSA) is 57.2 Å². The normalized spacial score (nSPS) is 11.4. The molecule has 0 aliphatic carbocycles. The fourth-order valence-electron chi connectivity index (χ4n) is 3.29. The van der Waals surface area contributed by atoms with Crippen LogP contribution in [0.1, 0.15) is 20.3 Å². The van der Waals surface area contributed by atoms with Crippen LogP contribution in [0.15, 0.2) is 91.0 Å². The number of nitrogens with zero attached hydrogens (tertiary/aromatic N) is 1. The van der Waals surface area contributed by atoms with E-state index in [0.29, 0.717) is 6.42 Å². The molecule has 0 fully saturated rings. The second-order valence-electron chi connectivity index (χ2n) is 6.39. The lowest BCUT2D eigenvalue weighted by molar-refractivity contribution is 0.462. The van der Waals surface area contributed by atoms with Crippen LogP contribution in [0, 0.1) is 0 Å². The van der Waals surface area contributed by atoms with Gasteiger partial charge < -0.3 is 4.55 Å². The van der Waals surface area contributed by atoms with Gasteiger partial charge in [0.05, 0.1) is 16.7 Å². The Morgan fingerprint density at radius 3 is 1.18 bits per heavy atom. The first kappa shape index (κ1) is 21.8. The molecule has 28 heavy (non-hydrogen) atoms. The molecule has 148 valence electrons. The van der Waals surface area contributed by atoms with Crippen molar-refractivity contribution in [2.75, 3.05) is 12.3 Å². The molecule has 0 N–H and O–H groups in total. The molecular formula is C23H27NO3S. The van der Waals surface area contributed by atoms with Crippen LogP contribution in [-0.4, -0.2) is 25.3 Å². The highest BCUT2D eigenvalue weighted by molar-refractivity contribution is 7.85. The molecule has 0 unspecified atom stereocenters. The largest absolute Gasteiger partial charge is 0.748 e. The minimum Gasteiger partial charge on any atom is -0.748 e. The molecule has 0 radical (unpaired) electrons. The highest BCUT2D eigenvalue weighted by atomic mass is 32.2. The number of benzene rings is 3. The summed E-state index contributed by atoms with van der Waals surface area (Å²) in [6, 6.07) is 32.2. The van der Waals surface area contributed by atoms with Crippen LogP contribution in [0.25, 0.3) is 0 Å². The van der Waals surface area contributed by atoms with Crippen LogP contribution in [0.3, 0.4) is 0 Å². The average Bonchev–Trinajstić information content (AvgIpc) is 2.71. The molecule has 4 nitrogen and oxygen atoms in total. The Balaban J connectivity index is 0.000000345. The van der Waals surface area contributed by atoms with Gasteiger partial charge in [0, 0.05) is 5.75 Å². The van der Waals surface area contributed by atoms with Gasteiger partial charge in [-0.2, -0.15) is 0 Å². The maximum absolute atomic E-state index is 9.68. The van der Waals surface area contributed by atoms with Crippen LogP contribution < -0.4 is 4.48 Å². The van der Waals surface area contributed by atoms with Gasteiger partial charge in [-0.1, -0.05) is 61.5 Å². The summed E-state index contributed by atoms with van der Waals surface area (Å²) in [5, 5.41) is 0. The molecule has 0 aliphatic heterocycles. The zero-order chi connectivity index (χ0) is 20.5. The summed E-state index contributed by atoms with van der Waals surface area (Å²) in [6.45, 7) is 4.86. The van der Waals surface area contributed by atoms with Crippen molar-refractivity contribution in [1.82, 2.24) is 4.48 Å². The Kier molecular flexibility index (Phi) is 7.93. The van der Waals surface area contributed by atoms with Gasteiger partial charge >= 0.3 is 0 Å². The van der Waals surface area contributed by atoms with E-state index < -0.39 is 10.1 Å². The maximum Gasteiger partial charge on any atom is 0.143 e. The molecule has 0 saturated carbocycles. The van der Waals surface area contributed by atoms with Gasteiger partial charge in [0.25, 0.3) is 0 Å². The lowest BCUT2D eigenvalue weighted by atomic mass is 10.1. The van der Waals surface area contributed by atoms with Crippen molar-refractivity contribution in [2.24, 2.45) is 0 Å². The quantitative estimate of drug-likeness (QED) is 0.401. The van der Waals surface area contributed by atoms with Crippen LogP contribution in [0.2, 0.25) is 0 Å². The fraction of sp³-hybridized carbons (Fsp3) is 0.217. The monoisotopic (exact) mass is 397 g/mol. The molecular weight excluding hydrogens is 370 g/mol. The summed E-state index contributed by atoms with van der Waals surface area (Å²) in [5.41, 5.74) is 3.87. The minimum absolute atomic E-state index is 0.243. The second-order valence-corrected chi connectivity index (χ2v) is 7.92. The van der Waals surface area contributed by atoms with Crippen molar-refractivity contribution in [1.29, 1.82) is 0 Å². The highest BCUT2D eigenvalue weighted by Gasteiger charge is 2.33. The van der Waals surface area contributed by atoms with Crippen LogP contribution >= 0.6 is 0 Å². The van der Waals surface area contributed by atoms with E-state index in [0.717, 1.165) is 11.0 Å². The van der Waals surface area contributed by atoms with Gasteiger partial charge in [0.1, 0.15) is 17.1 Å². The van der Waals surface area contributed by atoms with Crippen LogP contribution in [0.4, 0.5) is 17.1 Å². The zero-order valence-corrected chi connectivity index (χ0v) is 17.2. The average molecular weight is 398 g/mol. The Morgan fingerprint density at radius 2 is 1.00 bits per heavy atom. The number of quaternary nitrogens is 1. The SMILES string of the molecule is CCCS(=O)(=O)[O-].CC[N+](c1ccccc1)(c1ccccc1)c1ccccc1. The van der Waals surface area contributed by atoms with Crippen molar-refractivity contribution < 1.29 is 13.0 Å². The van der Waals surface area contributed by atoms with Crippen molar-refractivity contribution in [3.05, 3.63) is 91.0 Å². The van der Waals surface area contributed by atoms with Crippen molar-refractivity contribution in [2.45, 2.75) is 20.3 Å². The Bertz CT molecular complexity index is 831. The second kappa shape index (κ2) is 10.2. The van der Waals surface area contributed by atoms with Crippen molar-refractivity contribution in [3.8, 4) is 0 Å². The summed E-state index contributed by atoms with van der Waals surface area (Å²) < 4.78 is 29.8. The van der Waals surface area contributed by atoms with E-state index in [9.17, 15) is 13.0 Å². The highest BCUT2D eigenvalue weighted by Crippen LogP contribution is 2.42. The van der Waals surface area contributed by atoms with E-state index in [2.05, 4.69) is 97.9 Å². The number of rotatable bonds is 6. The first-order valence-corrected chi connectivity index (χ1v) is 11.0. The molecule has 0 atom stereocenters. The third-order valence-electron chi connectivity index (χ3n) is 4.52. The zero-order valence-electron chi connectivity index (χ0n) is 16.4. The maximum atomic E-state index is 9.68. The van der Waals surface area contributed by atoms with Gasteiger partial charge in [0.2, 0.25) is 0 Å². The molecule has 3 aromatic carbocycles. The molecule has 0 heterocycles. The third kappa shape index (κ3) is 5.52. The van der Waals surface area contributed by atoms with E-state index in [-0.39, 0.29) is 5.75 Å². The predicted octanol–water partition coefficient (Wildman–Crippen LogP) is 5.62.